The van der Waals surface area contributed by atoms with E-state index in [0.29, 0.717) is 11.6 Å². The topological polar surface area (TPSA) is 63.2 Å². The summed E-state index contributed by atoms with van der Waals surface area (Å²) in [4.78, 5) is 16.8. The van der Waals surface area contributed by atoms with E-state index < -0.39 is 0 Å². The smallest absolute Gasteiger partial charge is 0.257 e. The zero-order chi connectivity index (χ0) is 18.7. The van der Waals surface area contributed by atoms with Crippen LogP contribution in [-0.2, 0) is 4.74 Å². The lowest BCUT2D eigenvalue weighted by Crippen LogP contribution is -2.42. The molecule has 4 rings (SSSR count). The average Bonchev–Trinajstić information content (AvgIpc) is 3.11. The number of pyridine rings is 1. The molecule has 1 aromatic heterocycles. The molecular formula is C22H27N3O2. The van der Waals surface area contributed by atoms with E-state index in [1.807, 2.05) is 43.3 Å². The van der Waals surface area contributed by atoms with E-state index in [1.54, 1.807) is 6.20 Å². The molecule has 2 heterocycles. The molecule has 0 radical (unpaired) electrons. The monoisotopic (exact) mass is 365 g/mol. The molecular weight excluding hydrogens is 338 g/mol. The quantitative estimate of drug-likeness (QED) is 0.835. The zero-order valence-corrected chi connectivity index (χ0v) is 15.8. The van der Waals surface area contributed by atoms with E-state index >= 15 is 0 Å². The van der Waals surface area contributed by atoms with Crippen LogP contribution in [0.5, 0.6) is 0 Å². The van der Waals surface area contributed by atoms with Crippen molar-refractivity contribution in [1.82, 2.24) is 4.98 Å². The minimum Gasteiger partial charge on any atom is -0.375 e. The molecule has 1 amide bonds. The maximum absolute atomic E-state index is 12.4. The van der Waals surface area contributed by atoms with Gasteiger partial charge in [-0.15, -0.1) is 0 Å². The van der Waals surface area contributed by atoms with Crippen LogP contribution in [0, 0.1) is 6.92 Å². The molecule has 0 bridgehead atoms. The normalized spacial score (nSPS) is 21.1. The van der Waals surface area contributed by atoms with Crippen molar-refractivity contribution in [2.24, 2.45) is 0 Å². The third kappa shape index (κ3) is 4.30. The number of benzene rings is 1. The van der Waals surface area contributed by atoms with E-state index in [4.69, 9.17) is 4.74 Å². The first-order chi connectivity index (χ1) is 13.1. The van der Waals surface area contributed by atoms with Gasteiger partial charge in [-0.1, -0.05) is 30.5 Å². The summed E-state index contributed by atoms with van der Waals surface area (Å²) in [5.74, 6) is 0.677. The molecule has 5 nitrogen and oxygen atoms in total. The summed E-state index contributed by atoms with van der Waals surface area (Å²) < 4.78 is 6.10. The number of ether oxygens (including phenoxy) is 1. The number of carbonyl (C=O) groups is 1. The first kappa shape index (κ1) is 18.0. The predicted molar refractivity (Wildman–Crippen MR) is 107 cm³/mol. The molecule has 142 valence electrons. The molecule has 2 fully saturated rings. The molecule has 1 saturated heterocycles. The van der Waals surface area contributed by atoms with Crippen molar-refractivity contribution in [1.29, 1.82) is 0 Å². The fourth-order valence-corrected chi connectivity index (χ4v) is 4.18. The van der Waals surface area contributed by atoms with Crippen LogP contribution in [0.25, 0.3) is 0 Å². The molecule has 5 heteroatoms. The summed E-state index contributed by atoms with van der Waals surface area (Å²) in [5, 5.41) is 6.43. The number of nitrogens with one attached hydrogen (secondary N) is 2. The van der Waals surface area contributed by atoms with E-state index in [-0.39, 0.29) is 11.5 Å². The van der Waals surface area contributed by atoms with Crippen molar-refractivity contribution in [3.05, 3.63) is 53.7 Å². The lowest BCUT2D eigenvalue weighted by Gasteiger charge is -2.38. The fraction of sp³-hybridized carbons (Fsp3) is 0.455. The first-order valence-electron chi connectivity index (χ1n) is 9.87. The average molecular weight is 365 g/mol. The molecule has 2 aliphatic rings. The van der Waals surface area contributed by atoms with Crippen molar-refractivity contribution in [2.75, 3.05) is 17.2 Å². The molecule has 1 aromatic carbocycles. The van der Waals surface area contributed by atoms with Crippen LogP contribution >= 0.6 is 0 Å². The number of anilines is 2. The summed E-state index contributed by atoms with van der Waals surface area (Å²) in [7, 11) is 0. The Hall–Kier alpha value is -2.40. The number of carbonyl (C=O) groups excluding carboxylic acids is 1. The number of aromatic nitrogens is 1. The van der Waals surface area contributed by atoms with Gasteiger partial charge in [0.05, 0.1) is 11.2 Å². The molecule has 1 atom stereocenters. The Morgan fingerprint density at radius 2 is 1.93 bits per heavy atom. The number of nitrogens with zero attached hydrogens (tertiary/aromatic N) is 1. The van der Waals surface area contributed by atoms with Gasteiger partial charge >= 0.3 is 0 Å². The van der Waals surface area contributed by atoms with Gasteiger partial charge < -0.3 is 15.4 Å². The van der Waals surface area contributed by atoms with Crippen molar-refractivity contribution in [3.63, 3.8) is 0 Å². The highest BCUT2D eigenvalue weighted by atomic mass is 16.5. The molecule has 2 aromatic rings. The van der Waals surface area contributed by atoms with Crippen LogP contribution in [-0.4, -0.2) is 29.1 Å². The molecule has 1 spiro atoms. The van der Waals surface area contributed by atoms with Crippen molar-refractivity contribution >= 4 is 17.4 Å². The maximum atomic E-state index is 12.4. The van der Waals surface area contributed by atoms with Crippen molar-refractivity contribution in [2.45, 2.75) is 57.1 Å². The first-order valence-corrected chi connectivity index (χ1v) is 9.87. The number of rotatable bonds is 4. The van der Waals surface area contributed by atoms with Crippen LogP contribution in [0.1, 0.15) is 54.4 Å². The molecule has 27 heavy (non-hydrogen) atoms. The molecule has 1 aliphatic carbocycles. The highest BCUT2D eigenvalue weighted by Crippen LogP contribution is 2.40. The lowest BCUT2D eigenvalue weighted by molar-refractivity contribution is -0.0767. The molecule has 1 unspecified atom stereocenters. The van der Waals surface area contributed by atoms with Crippen molar-refractivity contribution < 1.29 is 9.53 Å². The molecule has 1 aliphatic heterocycles. The number of hydrogen-bond donors (Lipinski definition) is 2. The highest BCUT2D eigenvalue weighted by Gasteiger charge is 2.39. The highest BCUT2D eigenvalue weighted by molar-refractivity contribution is 6.04. The van der Waals surface area contributed by atoms with Gasteiger partial charge in [0.2, 0.25) is 0 Å². The third-order valence-corrected chi connectivity index (χ3v) is 5.69. The van der Waals surface area contributed by atoms with Crippen molar-refractivity contribution in [3.8, 4) is 0 Å². The third-order valence-electron chi connectivity index (χ3n) is 5.69. The Kier molecular flexibility index (Phi) is 5.12. The number of amides is 1. The van der Waals surface area contributed by atoms with Gasteiger partial charge in [-0.2, -0.15) is 0 Å². The van der Waals surface area contributed by atoms with Crippen LogP contribution in [0.15, 0.2) is 42.6 Å². The maximum Gasteiger partial charge on any atom is 0.257 e. The largest absolute Gasteiger partial charge is 0.375 e. The Morgan fingerprint density at radius 1 is 1.15 bits per heavy atom. The van der Waals surface area contributed by atoms with Crippen LogP contribution in [0.2, 0.25) is 0 Å². The predicted octanol–water partition coefficient (Wildman–Crippen LogP) is 4.55. The Morgan fingerprint density at radius 3 is 2.63 bits per heavy atom. The number of hydrogen-bond acceptors (Lipinski definition) is 4. The second kappa shape index (κ2) is 7.69. The second-order valence-corrected chi connectivity index (χ2v) is 7.82. The minimum atomic E-state index is -0.145. The van der Waals surface area contributed by atoms with Gasteiger partial charge in [0.1, 0.15) is 5.82 Å². The Balaban J connectivity index is 1.35. The summed E-state index contributed by atoms with van der Waals surface area (Å²) >= 11 is 0. The lowest BCUT2D eigenvalue weighted by atomic mass is 9.89. The SMILES string of the molecule is Cc1ccc(NC(=O)c2ccc(NC3CCOC4(CCCC4)C3)nc2)cc1. The van der Waals surface area contributed by atoms with Crippen LogP contribution in [0.3, 0.4) is 0 Å². The molecule has 1 saturated carbocycles. The van der Waals surface area contributed by atoms with Gasteiger partial charge in [0.25, 0.3) is 5.91 Å². The standard InChI is InChI=1S/C22H27N3O2/c1-16-4-7-18(8-5-16)25-21(26)17-6-9-20(23-15-17)24-19-10-13-27-22(14-19)11-2-3-12-22/h4-9,15,19H,2-3,10-14H2,1H3,(H,23,24)(H,25,26). The van der Waals surface area contributed by atoms with Gasteiger partial charge in [0.15, 0.2) is 0 Å². The Labute approximate surface area is 160 Å². The van der Waals surface area contributed by atoms with E-state index in [1.165, 1.54) is 25.7 Å². The molecule has 2 N–H and O–H groups in total. The van der Waals surface area contributed by atoms with E-state index in [9.17, 15) is 4.79 Å². The summed E-state index contributed by atoms with van der Waals surface area (Å²) in [6.45, 7) is 2.84. The van der Waals surface area contributed by atoms with E-state index in [0.717, 1.165) is 36.5 Å². The summed E-state index contributed by atoms with van der Waals surface area (Å²) in [5.41, 5.74) is 2.60. The number of aryl methyl sites for hydroxylation is 1. The van der Waals surface area contributed by atoms with Crippen LogP contribution in [0.4, 0.5) is 11.5 Å². The second-order valence-electron chi connectivity index (χ2n) is 7.82. The van der Waals surface area contributed by atoms with Gasteiger partial charge in [-0.3, -0.25) is 4.79 Å². The Bertz CT molecular complexity index is 780. The fourth-order valence-electron chi connectivity index (χ4n) is 4.18. The summed E-state index contributed by atoms with van der Waals surface area (Å²) in [6.07, 6.45) is 8.58. The van der Waals surface area contributed by atoms with Gasteiger partial charge in [-0.25, -0.2) is 4.98 Å². The zero-order valence-electron chi connectivity index (χ0n) is 15.8. The minimum absolute atomic E-state index is 0.0871. The van der Waals surface area contributed by atoms with Crippen LogP contribution < -0.4 is 10.6 Å². The van der Waals surface area contributed by atoms with Gasteiger partial charge in [0, 0.05) is 24.5 Å². The summed E-state index contributed by atoms with van der Waals surface area (Å²) in [6, 6.07) is 11.9. The van der Waals surface area contributed by atoms with E-state index in [2.05, 4.69) is 15.6 Å². The van der Waals surface area contributed by atoms with Gasteiger partial charge in [-0.05, 0) is 56.9 Å².